The maximum absolute atomic E-state index is 11.0. The van der Waals surface area contributed by atoms with E-state index < -0.39 is 0 Å². The Morgan fingerprint density at radius 3 is 2.67 bits per heavy atom. The average molecular weight is 188 g/mol. The Morgan fingerprint density at radius 1 is 1.67 bits per heavy atom. The lowest BCUT2D eigenvalue weighted by atomic mass is 10.1. The molecule has 1 unspecified atom stereocenters. The first-order valence-electron chi connectivity index (χ1n) is 4.11. The average Bonchev–Trinajstić information content (AvgIpc) is 1.99. The van der Waals surface area contributed by atoms with Crippen molar-refractivity contribution < 1.29 is 4.79 Å². The predicted molar refractivity (Wildman–Crippen MR) is 53.9 cm³/mol. The maximum atomic E-state index is 11.0. The third kappa shape index (κ3) is 6.09. The minimum atomic E-state index is -0.0807. The fraction of sp³-hybridized carbons (Fsp3) is 0.750. The number of nitrogens with one attached hydrogen (secondary N) is 1. The fourth-order valence-corrected chi connectivity index (χ4v) is 0.784. The van der Waals surface area contributed by atoms with Gasteiger partial charge in [-0.05, 0) is 5.92 Å². The summed E-state index contributed by atoms with van der Waals surface area (Å²) in [6.07, 6.45) is 1.22. The Bertz CT molecular complexity index is 170. The summed E-state index contributed by atoms with van der Waals surface area (Å²) in [5.74, 6) is 0.433. The van der Waals surface area contributed by atoms with E-state index in [9.17, 15) is 4.79 Å². The highest BCUT2D eigenvalue weighted by Crippen LogP contribution is 1.97. The molecule has 0 heterocycles. The lowest BCUT2D eigenvalue weighted by molar-refractivity contribution is -0.120. The van der Waals surface area contributed by atoms with Gasteiger partial charge in [0, 0.05) is 6.54 Å². The molecule has 1 atom stereocenters. The maximum Gasteiger partial charge on any atom is 0.226 e. The summed E-state index contributed by atoms with van der Waals surface area (Å²) in [5.41, 5.74) is 5.20. The van der Waals surface area contributed by atoms with Crippen LogP contribution in [0.15, 0.2) is 0 Å². The van der Waals surface area contributed by atoms with Gasteiger partial charge in [-0.25, -0.2) is 0 Å². The van der Waals surface area contributed by atoms with Crippen molar-refractivity contribution in [3.05, 3.63) is 0 Å². The first-order valence-corrected chi connectivity index (χ1v) is 4.52. The third-order valence-corrected chi connectivity index (χ3v) is 1.82. The van der Waals surface area contributed by atoms with Crippen molar-refractivity contribution in [1.29, 1.82) is 0 Å². The molecule has 3 nitrogen and oxygen atoms in total. The van der Waals surface area contributed by atoms with E-state index in [1.165, 1.54) is 0 Å². The molecular formula is C8H16N2OS. The van der Waals surface area contributed by atoms with Crippen molar-refractivity contribution >= 4 is 23.1 Å². The number of rotatable bonds is 5. The number of hydrogen-bond acceptors (Lipinski definition) is 2. The number of nitrogens with two attached hydrogens (primary N) is 1. The quantitative estimate of drug-likeness (QED) is 0.628. The molecule has 1 amide bonds. The molecule has 0 aliphatic carbocycles. The molecule has 0 rings (SSSR count). The molecular weight excluding hydrogens is 172 g/mol. The van der Waals surface area contributed by atoms with Crippen molar-refractivity contribution in [1.82, 2.24) is 5.32 Å². The van der Waals surface area contributed by atoms with Crippen LogP contribution in [0.5, 0.6) is 0 Å². The summed E-state index contributed by atoms with van der Waals surface area (Å²) < 4.78 is 0. The molecule has 0 aliphatic rings. The summed E-state index contributed by atoms with van der Waals surface area (Å²) in [5, 5.41) is 2.76. The van der Waals surface area contributed by atoms with Gasteiger partial charge in [-0.1, -0.05) is 32.5 Å². The van der Waals surface area contributed by atoms with Crippen LogP contribution in [-0.4, -0.2) is 17.4 Å². The molecule has 12 heavy (non-hydrogen) atoms. The number of thiocarbonyl (C=S) groups is 1. The molecule has 0 saturated carbocycles. The molecule has 0 radical (unpaired) electrons. The van der Waals surface area contributed by atoms with Crippen LogP contribution in [0.3, 0.4) is 0 Å². The van der Waals surface area contributed by atoms with Crippen LogP contribution in [0.1, 0.15) is 26.7 Å². The van der Waals surface area contributed by atoms with E-state index in [0.717, 1.165) is 6.42 Å². The van der Waals surface area contributed by atoms with Gasteiger partial charge >= 0.3 is 0 Å². The molecule has 0 aromatic heterocycles. The van der Waals surface area contributed by atoms with E-state index in [1.54, 1.807) is 0 Å². The Kier molecular flexibility index (Phi) is 5.62. The summed E-state index contributed by atoms with van der Waals surface area (Å²) >= 11 is 4.60. The zero-order valence-corrected chi connectivity index (χ0v) is 8.41. The summed E-state index contributed by atoms with van der Waals surface area (Å²) in [4.78, 5) is 11.2. The highest BCUT2D eigenvalue weighted by Gasteiger charge is 2.04. The molecule has 0 aliphatic heterocycles. The third-order valence-electron chi connectivity index (χ3n) is 1.68. The van der Waals surface area contributed by atoms with Crippen LogP contribution in [-0.2, 0) is 4.79 Å². The van der Waals surface area contributed by atoms with Gasteiger partial charge in [-0.3, -0.25) is 4.79 Å². The first kappa shape index (κ1) is 11.4. The summed E-state index contributed by atoms with van der Waals surface area (Å²) in [6, 6.07) is 0. The van der Waals surface area contributed by atoms with Crippen molar-refractivity contribution in [3.8, 4) is 0 Å². The van der Waals surface area contributed by atoms with E-state index in [0.29, 0.717) is 12.5 Å². The predicted octanol–water partition coefficient (Wildman–Crippen LogP) is 0.825. The molecule has 0 bridgehead atoms. The van der Waals surface area contributed by atoms with Crippen LogP contribution in [0, 0.1) is 5.92 Å². The summed E-state index contributed by atoms with van der Waals surface area (Å²) in [7, 11) is 0. The molecule has 4 heteroatoms. The van der Waals surface area contributed by atoms with Crippen LogP contribution in [0.25, 0.3) is 0 Å². The standard InChI is InChI=1S/C8H16N2OS/c1-3-6(2)5-10-8(11)4-7(9)12/h6H,3-5H2,1-2H3,(H2,9,12)(H,10,11). The monoisotopic (exact) mass is 188 g/mol. The largest absolute Gasteiger partial charge is 0.393 e. The second-order valence-corrected chi connectivity index (χ2v) is 3.48. The van der Waals surface area contributed by atoms with Crippen LogP contribution in [0.4, 0.5) is 0 Å². The molecule has 0 spiro atoms. The summed E-state index contributed by atoms with van der Waals surface area (Å²) in [6.45, 7) is 4.88. The van der Waals surface area contributed by atoms with Gasteiger partial charge in [0.2, 0.25) is 5.91 Å². The highest BCUT2D eigenvalue weighted by atomic mass is 32.1. The molecule has 70 valence electrons. The van der Waals surface area contributed by atoms with Crippen LogP contribution < -0.4 is 11.1 Å². The van der Waals surface area contributed by atoms with Gasteiger partial charge in [0.1, 0.15) is 0 Å². The first-order chi connectivity index (χ1) is 5.56. The van der Waals surface area contributed by atoms with E-state index in [-0.39, 0.29) is 17.3 Å². The zero-order valence-electron chi connectivity index (χ0n) is 7.59. The van der Waals surface area contributed by atoms with Crippen molar-refractivity contribution in [2.24, 2.45) is 11.7 Å². The van der Waals surface area contributed by atoms with Gasteiger partial charge < -0.3 is 11.1 Å². The molecule has 3 N–H and O–H groups in total. The van der Waals surface area contributed by atoms with Gasteiger partial charge in [-0.15, -0.1) is 0 Å². The van der Waals surface area contributed by atoms with E-state index in [2.05, 4.69) is 31.4 Å². The van der Waals surface area contributed by atoms with Crippen molar-refractivity contribution in [2.45, 2.75) is 26.7 Å². The van der Waals surface area contributed by atoms with Crippen molar-refractivity contribution in [3.63, 3.8) is 0 Å². The minimum Gasteiger partial charge on any atom is -0.393 e. The topological polar surface area (TPSA) is 55.1 Å². The van der Waals surface area contributed by atoms with E-state index in [4.69, 9.17) is 5.73 Å². The molecule has 0 fully saturated rings. The Labute approximate surface area is 78.7 Å². The lowest BCUT2D eigenvalue weighted by Crippen LogP contribution is -2.30. The Hall–Kier alpha value is -0.640. The number of carbonyl (C=O) groups excluding carboxylic acids is 1. The zero-order chi connectivity index (χ0) is 9.56. The van der Waals surface area contributed by atoms with Gasteiger partial charge in [0.05, 0.1) is 11.4 Å². The second-order valence-electron chi connectivity index (χ2n) is 2.96. The Morgan fingerprint density at radius 2 is 2.25 bits per heavy atom. The number of hydrogen-bond donors (Lipinski definition) is 2. The smallest absolute Gasteiger partial charge is 0.226 e. The molecule has 0 aromatic carbocycles. The molecule has 0 aromatic rings. The molecule has 0 saturated heterocycles. The van der Waals surface area contributed by atoms with E-state index in [1.807, 2.05) is 0 Å². The van der Waals surface area contributed by atoms with E-state index >= 15 is 0 Å². The fourth-order valence-electron chi connectivity index (χ4n) is 0.653. The minimum absolute atomic E-state index is 0.0807. The number of amides is 1. The van der Waals surface area contributed by atoms with Crippen molar-refractivity contribution in [2.75, 3.05) is 6.54 Å². The van der Waals surface area contributed by atoms with Gasteiger partial charge in [0.15, 0.2) is 0 Å². The van der Waals surface area contributed by atoms with Crippen LogP contribution in [0.2, 0.25) is 0 Å². The lowest BCUT2D eigenvalue weighted by Gasteiger charge is -2.09. The second kappa shape index (κ2) is 5.94. The highest BCUT2D eigenvalue weighted by molar-refractivity contribution is 7.80. The van der Waals surface area contributed by atoms with Gasteiger partial charge in [0.25, 0.3) is 0 Å². The normalized spacial score (nSPS) is 12.2. The Balaban J connectivity index is 3.50. The SMILES string of the molecule is CCC(C)CNC(=O)CC(N)=S. The van der Waals surface area contributed by atoms with Gasteiger partial charge in [-0.2, -0.15) is 0 Å². The number of carbonyl (C=O) groups is 1. The van der Waals surface area contributed by atoms with Crippen LogP contribution >= 0.6 is 12.2 Å².